The van der Waals surface area contributed by atoms with Crippen LogP contribution in [-0.2, 0) is 4.79 Å². The first-order valence-electron chi connectivity index (χ1n) is 11.3. The summed E-state index contributed by atoms with van der Waals surface area (Å²) in [6.07, 6.45) is 15.3. The number of unbranched alkanes of at least 4 members (excludes halogenated alkanes) is 9. The average molecular weight is 388 g/mol. The van der Waals surface area contributed by atoms with Crippen molar-refractivity contribution in [3.63, 3.8) is 0 Å². The molecule has 1 amide bonds. The Morgan fingerprint density at radius 1 is 0.964 bits per heavy atom. The molecular weight excluding hydrogens is 350 g/mol. The maximum absolute atomic E-state index is 12.2. The molecule has 28 heavy (non-hydrogen) atoms. The third kappa shape index (κ3) is 8.45. The lowest BCUT2D eigenvalue weighted by atomic mass is 10.1. The van der Waals surface area contributed by atoms with Gasteiger partial charge in [0.25, 0.3) is 5.91 Å². The van der Waals surface area contributed by atoms with E-state index in [0.29, 0.717) is 12.0 Å². The quantitative estimate of drug-likeness (QED) is 0.408. The van der Waals surface area contributed by atoms with Crippen LogP contribution in [0.1, 0.15) is 101 Å². The van der Waals surface area contributed by atoms with Crippen molar-refractivity contribution >= 4 is 11.7 Å². The monoisotopic (exact) mass is 387 g/mol. The van der Waals surface area contributed by atoms with Gasteiger partial charge in [-0.1, -0.05) is 64.7 Å². The Labute approximate surface area is 170 Å². The predicted octanol–water partition coefficient (Wildman–Crippen LogP) is 5.84. The van der Waals surface area contributed by atoms with Crippen molar-refractivity contribution in [1.82, 2.24) is 5.32 Å². The third-order valence-electron chi connectivity index (χ3n) is 5.49. The first-order chi connectivity index (χ1) is 13.7. The van der Waals surface area contributed by atoms with Crippen LogP contribution in [0, 0.1) is 0 Å². The number of hydrogen-bond acceptors (Lipinski definition) is 3. The lowest BCUT2D eigenvalue weighted by Crippen LogP contribution is -2.37. The van der Waals surface area contributed by atoms with Crippen molar-refractivity contribution in [3.8, 4) is 5.75 Å². The van der Waals surface area contributed by atoms with Crippen LogP contribution in [-0.4, -0.2) is 24.3 Å². The van der Waals surface area contributed by atoms with Crippen LogP contribution in [0.3, 0.4) is 0 Å². The van der Waals surface area contributed by atoms with Crippen molar-refractivity contribution in [2.75, 3.05) is 6.61 Å². The van der Waals surface area contributed by atoms with Crippen molar-refractivity contribution < 1.29 is 14.3 Å². The highest BCUT2D eigenvalue weighted by Crippen LogP contribution is 2.17. The summed E-state index contributed by atoms with van der Waals surface area (Å²) in [6, 6.07) is 6.90. The average Bonchev–Trinajstić information content (AvgIpc) is 3.11. The maximum Gasteiger partial charge on any atom is 0.251 e. The van der Waals surface area contributed by atoms with Gasteiger partial charge in [0.1, 0.15) is 5.75 Å². The molecule has 156 valence electrons. The topological polar surface area (TPSA) is 55.4 Å². The van der Waals surface area contributed by atoms with E-state index in [4.69, 9.17) is 4.74 Å². The van der Waals surface area contributed by atoms with Crippen LogP contribution >= 0.6 is 0 Å². The zero-order valence-electron chi connectivity index (χ0n) is 17.5. The molecule has 0 aliphatic heterocycles. The van der Waals surface area contributed by atoms with Crippen LogP contribution in [0.15, 0.2) is 24.3 Å². The predicted molar refractivity (Wildman–Crippen MR) is 114 cm³/mol. The Hall–Kier alpha value is -1.84. The van der Waals surface area contributed by atoms with E-state index in [1.54, 1.807) is 12.1 Å². The van der Waals surface area contributed by atoms with Crippen LogP contribution in [0.2, 0.25) is 0 Å². The van der Waals surface area contributed by atoms with Crippen molar-refractivity contribution in [2.24, 2.45) is 0 Å². The molecule has 1 aromatic carbocycles. The number of carbonyl (C=O) groups is 2. The molecule has 0 aromatic heterocycles. The highest BCUT2D eigenvalue weighted by molar-refractivity contribution is 5.98. The van der Waals surface area contributed by atoms with Gasteiger partial charge in [0, 0.05) is 12.0 Å². The van der Waals surface area contributed by atoms with Gasteiger partial charge in [-0.3, -0.25) is 9.59 Å². The van der Waals surface area contributed by atoms with Crippen LogP contribution in [0.4, 0.5) is 0 Å². The van der Waals surface area contributed by atoms with Crippen LogP contribution < -0.4 is 10.1 Å². The van der Waals surface area contributed by atoms with Gasteiger partial charge >= 0.3 is 0 Å². The SMILES string of the molecule is CCCCCCCCCCCCOc1ccc(C(=O)N[C@@H]2CCCC2=O)cc1. The zero-order valence-corrected chi connectivity index (χ0v) is 17.5. The second-order valence-electron chi connectivity index (χ2n) is 7.94. The van der Waals surface area contributed by atoms with Crippen molar-refractivity contribution in [1.29, 1.82) is 0 Å². The molecule has 0 unspecified atom stereocenters. The summed E-state index contributed by atoms with van der Waals surface area (Å²) in [5, 5.41) is 2.83. The summed E-state index contributed by atoms with van der Waals surface area (Å²) < 4.78 is 5.78. The molecular formula is C24H37NO3. The second kappa shape index (κ2) is 13.4. The number of nitrogens with one attached hydrogen (secondary N) is 1. The maximum atomic E-state index is 12.2. The molecule has 1 fully saturated rings. The molecule has 1 atom stereocenters. The highest BCUT2D eigenvalue weighted by atomic mass is 16.5. The summed E-state index contributed by atoms with van der Waals surface area (Å²) >= 11 is 0. The third-order valence-corrected chi connectivity index (χ3v) is 5.49. The minimum atomic E-state index is -0.306. The van der Waals surface area contributed by atoms with E-state index in [2.05, 4.69) is 12.2 Å². The molecule has 4 heteroatoms. The molecule has 1 N–H and O–H groups in total. The van der Waals surface area contributed by atoms with Gasteiger partial charge in [-0.25, -0.2) is 0 Å². The molecule has 1 aromatic rings. The first kappa shape index (κ1) is 22.4. The molecule has 0 heterocycles. The zero-order chi connectivity index (χ0) is 20.0. The summed E-state index contributed by atoms with van der Waals surface area (Å²) in [7, 11) is 0. The molecule has 0 spiro atoms. The highest BCUT2D eigenvalue weighted by Gasteiger charge is 2.26. The number of benzene rings is 1. The van der Waals surface area contributed by atoms with Gasteiger partial charge < -0.3 is 10.1 Å². The molecule has 0 radical (unpaired) electrons. The molecule has 1 aliphatic rings. The van der Waals surface area contributed by atoms with E-state index >= 15 is 0 Å². The van der Waals surface area contributed by atoms with Crippen LogP contribution in [0.25, 0.3) is 0 Å². The van der Waals surface area contributed by atoms with Gasteiger partial charge in [0.05, 0.1) is 12.6 Å². The Balaban J connectivity index is 1.53. The van der Waals surface area contributed by atoms with Crippen molar-refractivity contribution in [2.45, 2.75) is 96.4 Å². The number of rotatable bonds is 14. The summed E-state index contributed by atoms with van der Waals surface area (Å²) in [5.41, 5.74) is 0.575. The lowest BCUT2D eigenvalue weighted by molar-refractivity contribution is -0.118. The Kier molecular flexibility index (Phi) is 10.7. The fraction of sp³-hybridized carbons (Fsp3) is 0.667. The smallest absolute Gasteiger partial charge is 0.251 e. The Morgan fingerprint density at radius 3 is 2.14 bits per heavy atom. The van der Waals surface area contributed by atoms with E-state index < -0.39 is 0 Å². The van der Waals surface area contributed by atoms with E-state index in [1.807, 2.05) is 12.1 Å². The van der Waals surface area contributed by atoms with Gasteiger partial charge in [-0.15, -0.1) is 0 Å². The molecule has 1 saturated carbocycles. The van der Waals surface area contributed by atoms with Gasteiger partial charge in [-0.2, -0.15) is 0 Å². The summed E-state index contributed by atoms with van der Waals surface area (Å²) in [6.45, 7) is 2.98. The summed E-state index contributed by atoms with van der Waals surface area (Å²) in [5.74, 6) is 0.760. The number of carbonyl (C=O) groups excluding carboxylic acids is 2. The van der Waals surface area contributed by atoms with Gasteiger partial charge in [-0.05, 0) is 43.5 Å². The van der Waals surface area contributed by atoms with Crippen LogP contribution in [0.5, 0.6) is 5.75 Å². The molecule has 1 aliphatic carbocycles. The number of hydrogen-bond donors (Lipinski definition) is 1. The lowest BCUT2D eigenvalue weighted by Gasteiger charge is -2.11. The van der Waals surface area contributed by atoms with Crippen molar-refractivity contribution in [3.05, 3.63) is 29.8 Å². The normalized spacial score (nSPS) is 16.3. The summed E-state index contributed by atoms with van der Waals surface area (Å²) in [4.78, 5) is 23.9. The molecule has 0 saturated heterocycles. The number of ether oxygens (including phenoxy) is 1. The van der Waals surface area contributed by atoms with E-state index in [-0.39, 0.29) is 17.7 Å². The van der Waals surface area contributed by atoms with Gasteiger partial charge in [0.2, 0.25) is 0 Å². The van der Waals surface area contributed by atoms with E-state index in [0.717, 1.165) is 31.6 Å². The molecule has 2 rings (SSSR count). The largest absolute Gasteiger partial charge is 0.494 e. The minimum Gasteiger partial charge on any atom is -0.494 e. The van der Waals surface area contributed by atoms with E-state index in [1.165, 1.54) is 57.8 Å². The molecule has 0 bridgehead atoms. The number of Topliss-reactive ketones (excluding diaryl/α,β-unsaturated/α-hetero) is 1. The molecule has 4 nitrogen and oxygen atoms in total. The van der Waals surface area contributed by atoms with Gasteiger partial charge in [0.15, 0.2) is 5.78 Å². The first-order valence-corrected chi connectivity index (χ1v) is 11.3. The van der Waals surface area contributed by atoms with E-state index in [9.17, 15) is 9.59 Å². The minimum absolute atomic E-state index is 0.143. The fourth-order valence-electron chi connectivity index (χ4n) is 3.69. The fourth-order valence-corrected chi connectivity index (χ4v) is 3.69. The number of ketones is 1. The second-order valence-corrected chi connectivity index (χ2v) is 7.94. The standard InChI is InChI=1S/C24H37NO3/c1-2-3-4-5-6-7-8-9-10-11-19-28-21-17-15-20(16-18-21)24(27)25-22-13-12-14-23(22)26/h15-18,22H,2-14,19H2,1H3,(H,25,27)/t22-/m1/s1. The number of amides is 1. The Morgan fingerprint density at radius 2 is 1.57 bits per heavy atom. The Bertz CT molecular complexity index is 582.